The van der Waals surface area contributed by atoms with Crippen LogP contribution in [0.3, 0.4) is 0 Å². The molecule has 0 bridgehead atoms. The van der Waals surface area contributed by atoms with Crippen LogP contribution >= 0.6 is 23.1 Å². The third-order valence-electron chi connectivity index (χ3n) is 6.44. The van der Waals surface area contributed by atoms with Gasteiger partial charge in [0.2, 0.25) is 5.91 Å². The highest BCUT2D eigenvalue weighted by Crippen LogP contribution is 2.30. The molecule has 0 spiro atoms. The van der Waals surface area contributed by atoms with E-state index >= 15 is 0 Å². The molecule has 2 aromatic heterocycles. The fourth-order valence-corrected chi connectivity index (χ4v) is 6.59. The number of para-hydroxylation sites is 1. The number of ether oxygens (including phenoxy) is 1. The van der Waals surface area contributed by atoms with Gasteiger partial charge in [0.05, 0.1) is 23.8 Å². The Morgan fingerprint density at radius 1 is 1.24 bits per heavy atom. The molecular formula is C26H33N3O3S2. The number of carbonyl (C=O) groups is 1. The van der Waals surface area contributed by atoms with Crippen LogP contribution < -0.4 is 10.9 Å². The molecule has 182 valence electrons. The van der Waals surface area contributed by atoms with Crippen LogP contribution in [-0.2, 0) is 35.3 Å². The topological polar surface area (TPSA) is 73.2 Å². The average Bonchev–Trinajstić information content (AvgIpc) is 3.46. The van der Waals surface area contributed by atoms with Crippen LogP contribution in [-0.4, -0.2) is 33.9 Å². The van der Waals surface area contributed by atoms with E-state index in [-0.39, 0.29) is 23.3 Å². The standard InChI is InChI=1S/C26H33N3O3S2/c1-5-17-10-8-11-18(6-2)23(17)27-21(30)15-33-26-28-24-22(20(7-3)16(4)34-24)25(31)29(26)14-19-12-9-13-32-19/h8,10-11,19H,5-7,9,12-15H2,1-4H3,(H,27,30). The Balaban J connectivity index is 1.62. The number of benzene rings is 1. The minimum Gasteiger partial charge on any atom is -0.376 e. The predicted octanol–water partition coefficient (Wildman–Crippen LogP) is 5.36. The molecule has 1 saturated heterocycles. The molecule has 1 atom stereocenters. The molecular weight excluding hydrogens is 466 g/mol. The number of nitrogens with one attached hydrogen (secondary N) is 1. The summed E-state index contributed by atoms with van der Waals surface area (Å²) in [7, 11) is 0. The average molecular weight is 500 g/mol. The molecule has 0 radical (unpaired) electrons. The van der Waals surface area contributed by atoms with E-state index in [9.17, 15) is 9.59 Å². The van der Waals surface area contributed by atoms with Gasteiger partial charge >= 0.3 is 0 Å². The number of nitrogens with zero attached hydrogens (tertiary/aromatic N) is 2. The molecule has 1 fully saturated rings. The Morgan fingerprint density at radius 3 is 2.59 bits per heavy atom. The number of thiophene rings is 1. The normalized spacial score (nSPS) is 15.8. The number of carbonyl (C=O) groups excluding carboxylic acids is 1. The molecule has 1 amide bonds. The lowest BCUT2D eigenvalue weighted by Gasteiger charge is -2.17. The number of rotatable bonds is 9. The predicted molar refractivity (Wildman–Crippen MR) is 142 cm³/mol. The van der Waals surface area contributed by atoms with E-state index in [0.717, 1.165) is 76.2 Å². The molecule has 8 heteroatoms. The zero-order chi connectivity index (χ0) is 24.2. The highest BCUT2D eigenvalue weighted by molar-refractivity contribution is 7.99. The van der Waals surface area contributed by atoms with Crippen molar-refractivity contribution >= 4 is 44.9 Å². The Labute approximate surface area is 209 Å². The summed E-state index contributed by atoms with van der Waals surface area (Å²) in [6, 6.07) is 6.15. The van der Waals surface area contributed by atoms with Crippen LogP contribution in [0.25, 0.3) is 10.2 Å². The van der Waals surface area contributed by atoms with Crippen molar-refractivity contribution in [2.75, 3.05) is 17.7 Å². The van der Waals surface area contributed by atoms with E-state index in [1.807, 2.05) is 13.0 Å². The Kier molecular flexibility index (Phi) is 8.11. The van der Waals surface area contributed by atoms with Crippen LogP contribution in [0.1, 0.15) is 55.2 Å². The van der Waals surface area contributed by atoms with E-state index in [4.69, 9.17) is 9.72 Å². The van der Waals surface area contributed by atoms with E-state index in [0.29, 0.717) is 11.7 Å². The molecule has 3 heterocycles. The molecule has 6 nitrogen and oxygen atoms in total. The van der Waals surface area contributed by atoms with Crippen molar-refractivity contribution in [2.45, 2.75) is 77.6 Å². The van der Waals surface area contributed by atoms with Crippen molar-refractivity contribution in [3.63, 3.8) is 0 Å². The summed E-state index contributed by atoms with van der Waals surface area (Å²) < 4.78 is 7.56. The van der Waals surface area contributed by atoms with Crippen molar-refractivity contribution in [3.8, 4) is 0 Å². The zero-order valence-corrected chi connectivity index (χ0v) is 22.0. The SMILES string of the molecule is CCc1cccc(CC)c1NC(=O)CSc1nc2sc(C)c(CC)c2c(=O)n1CC1CCCO1. The van der Waals surface area contributed by atoms with Gasteiger partial charge in [-0.1, -0.05) is 50.7 Å². The summed E-state index contributed by atoms with van der Waals surface area (Å²) in [6.45, 7) is 9.51. The molecule has 0 saturated carbocycles. The maximum Gasteiger partial charge on any atom is 0.263 e. The fraction of sp³-hybridized carbons (Fsp3) is 0.500. The lowest BCUT2D eigenvalue weighted by molar-refractivity contribution is -0.113. The lowest BCUT2D eigenvalue weighted by Crippen LogP contribution is -2.29. The third kappa shape index (κ3) is 5.09. The quantitative estimate of drug-likeness (QED) is 0.317. The van der Waals surface area contributed by atoms with Crippen molar-refractivity contribution < 1.29 is 9.53 Å². The smallest absolute Gasteiger partial charge is 0.263 e. The second-order valence-corrected chi connectivity index (χ2v) is 10.8. The molecule has 1 N–H and O–H groups in total. The number of amides is 1. The molecule has 1 aromatic carbocycles. The maximum absolute atomic E-state index is 13.6. The summed E-state index contributed by atoms with van der Waals surface area (Å²) in [4.78, 5) is 33.3. The van der Waals surface area contributed by atoms with Gasteiger partial charge in [-0.05, 0) is 55.7 Å². The summed E-state index contributed by atoms with van der Waals surface area (Å²) in [5, 5.41) is 4.43. The van der Waals surface area contributed by atoms with Gasteiger partial charge in [0.15, 0.2) is 5.16 Å². The Morgan fingerprint density at radius 2 is 1.97 bits per heavy atom. The van der Waals surface area contributed by atoms with Crippen molar-refractivity contribution in [1.82, 2.24) is 9.55 Å². The molecule has 3 aromatic rings. The summed E-state index contributed by atoms with van der Waals surface area (Å²) in [5.41, 5.74) is 4.24. The molecule has 1 aliphatic rings. The first-order valence-electron chi connectivity index (χ1n) is 12.1. The number of hydrogen-bond donors (Lipinski definition) is 1. The summed E-state index contributed by atoms with van der Waals surface area (Å²) >= 11 is 2.89. The second-order valence-electron chi connectivity index (χ2n) is 8.61. The first kappa shape index (κ1) is 24.9. The van der Waals surface area contributed by atoms with Crippen LogP contribution in [0, 0.1) is 6.92 Å². The van der Waals surface area contributed by atoms with Crippen molar-refractivity contribution in [3.05, 3.63) is 50.1 Å². The number of hydrogen-bond acceptors (Lipinski definition) is 6. The molecule has 1 aliphatic heterocycles. The van der Waals surface area contributed by atoms with E-state index in [1.54, 1.807) is 15.9 Å². The van der Waals surface area contributed by atoms with Gasteiger partial charge in [-0.15, -0.1) is 11.3 Å². The minimum atomic E-state index is -0.0878. The second kappa shape index (κ2) is 11.1. The minimum absolute atomic E-state index is 0.0125. The first-order chi connectivity index (χ1) is 16.5. The molecule has 4 rings (SSSR count). The van der Waals surface area contributed by atoms with E-state index in [1.165, 1.54) is 11.8 Å². The summed E-state index contributed by atoms with van der Waals surface area (Å²) in [6.07, 6.45) is 4.47. The van der Waals surface area contributed by atoms with Gasteiger partial charge in [0.25, 0.3) is 5.56 Å². The Bertz CT molecular complexity index is 1220. The fourth-order valence-electron chi connectivity index (χ4n) is 4.63. The van der Waals surface area contributed by atoms with Gasteiger partial charge in [-0.2, -0.15) is 0 Å². The van der Waals surface area contributed by atoms with Gasteiger partial charge < -0.3 is 10.1 Å². The number of aryl methyl sites for hydroxylation is 4. The highest BCUT2D eigenvalue weighted by Gasteiger charge is 2.23. The van der Waals surface area contributed by atoms with Gasteiger partial charge in [0.1, 0.15) is 4.83 Å². The van der Waals surface area contributed by atoms with Crippen molar-refractivity contribution in [1.29, 1.82) is 0 Å². The number of aromatic nitrogens is 2. The largest absolute Gasteiger partial charge is 0.376 e. The lowest BCUT2D eigenvalue weighted by atomic mass is 10.0. The van der Waals surface area contributed by atoms with Gasteiger partial charge in [-0.3, -0.25) is 14.2 Å². The molecule has 0 aliphatic carbocycles. The van der Waals surface area contributed by atoms with E-state index in [2.05, 4.69) is 38.2 Å². The Hall–Kier alpha value is -2.16. The van der Waals surface area contributed by atoms with Crippen LogP contribution in [0.15, 0.2) is 28.2 Å². The number of fused-ring (bicyclic) bond motifs is 1. The van der Waals surface area contributed by atoms with Crippen LogP contribution in [0.5, 0.6) is 0 Å². The number of thioether (sulfide) groups is 1. The highest BCUT2D eigenvalue weighted by atomic mass is 32.2. The van der Waals surface area contributed by atoms with E-state index < -0.39 is 0 Å². The third-order valence-corrected chi connectivity index (χ3v) is 8.45. The zero-order valence-electron chi connectivity index (χ0n) is 20.4. The van der Waals surface area contributed by atoms with Gasteiger partial charge in [-0.25, -0.2) is 4.98 Å². The molecule has 1 unspecified atom stereocenters. The van der Waals surface area contributed by atoms with Crippen molar-refractivity contribution in [2.24, 2.45) is 0 Å². The van der Waals surface area contributed by atoms with Gasteiger partial charge in [0, 0.05) is 17.2 Å². The van der Waals surface area contributed by atoms with Crippen LogP contribution in [0.2, 0.25) is 0 Å². The number of anilines is 1. The maximum atomic E-state index is 13.6. The first-order valence-corrected chi connectivity index (χ1v) is 13.9. The monoisotopic (exact) mass is 499 g/mol. The van der Waals surface area contributed by atoms with Crippen LogP contribution in [0.4, 0.5) is 5.69 Å². The summed E-state index contributed by atoms with van der Waals surface area (Å²) in [5.74, 6) is 0.102. The molecule has 34 heavy (non-hydrogen) atoms.